The normalized spacial score (nSPS) is 11.3. The second-order valence-electron chi connectivity index (χ2n) is 13.8. The molecule has 10 aromatic rings. The third-order valence-corrected chi connectivity index (χ3v) is 10.5. The van der Waals surface area contributed by atoms with Crippen molar-refractivity contribution in [3.05, 3.63) is 218 Å². The lowest BCUT2D eigenvalue weighted by molar-refractivity contribution is 1.18. The summed E-state index contributed by atoms with van der Waals surface area (Å²) in [4.78, 5) is 2.45. The molecule has 0 spiro atoms. The van der Waals surface area contributed by atoms with Crippen LogP contribution < -0.4 is 4.90 Å². The first-order valence-corrected chi connectivity index (χ1v) is 18.5. The van der Waals surface area contributed by atoms with Gasteiger partial charge in [0.15, 0.2) is 0 Å². The van der Waals surface area contributed by atoms with E-state index in [4.69, 9.17) is 0 Å². The lowest BCUT2D eigenvalue weighted by Crippen LogP contribution is -2.12. The first-order chi connectivity index (χ1) is 26.8. The molecule has 0 saturated carbocycles. The van der Waals surface area contributed by atoms with E-state index < -0.39 is 0 Å². The van der Waals surface area contributed by atoms with Crippen molar-refractivity contribution in [3.63, 3.8) is 0 Å². The molecule has 2 nitrogen and oxygen atoms in total. The SMILES string of the molecule is c1ccc(-c2ccc3cc(N(c4ccc5c6ccccc6n(-c6ccccc6)c5c4)c4cccc(-c5ccccc5)c4-c4ccccc4)ccc3c2)cc1. The number of anilines is 3. The molecule has 0 aliphatic rings. The van der Waals surface area contributed by atoms with E-state index in [-0.39, 0.29) is 0 Å². The highest BCUT2D eigenvalue weighted by molar-refractivity contribution is 6.11. The molecule has 0 radical (unpaired) electrons. The van der Waals surface area contributed by atoms with Gasteiger partial charge in [0, 0.05) is 33.4 Å². The molecule has 1 heterocycles. The molecule has 0 bridgehead atoms. The minimum absolute atomic E-state index is 1.09. The lowest BCUT2D eigenvalue weighted by Gasteiger charge is -2.30. The summed E-state index contributed by atoms with van der Waals surface area (Å²) in [6.07, 6.45) is 0. The zero-order chi connectivity index (χ0) is 35.8. The Bertz CT molecular complexity index is 2910. The Balaban J connectivity index is 1.25. The summed E-state index contributed by atoms with van der Waals surface area (Å²) in [6.45, 7) is 0. The second kappa shape index (κ2) is 13.4. The molecule has 0 aliphatic heterocycles. The van der Waals surface area contributed by atoms with Gasteiger partial charge in [0.1, 0.15) is 0 Å². The van der Waals surface area contributed by atoms with Gasteiger partial charge in [-0.15, -0.1) is 0 Å². The predicted molar refractivity (Wildman–Crippen MR) is 229 cm³/mol. The minimum atomic E-state index is 1.09. The second-order valence-corrected chi connectivity index (χ2v) is 13.8. The van der Waals surface area contributed by atoms with Gasteiger partial charge in [-0.1, -0.05) is 164 Å². The molecular formula is C52H36N2. The number of aromatic nitrogens is 1. The van der Waals surface area contributed by atoms with E-state index in [0.29, 0.717) is 0 Å². The van der Waals surface area contributed by atoms with Crippen molar-refractivity contribution in [1.29, 1.82) is 0 Å². The molecule has 0 atom stereocenters. The van der Waals surface area contributed by atoms with Crippen LogP contribution in [-0.2, 0) is 0 Å². The molecule has 54 heavy (non-hydrogen) atoms. The van der Waals surface area contributed by atoms with E-state index in [9.17, 15) is 0 Å². The quantitative estimate of drug-likeness (QED) is 0.162. The fourth-order valence-electron chi connectivity index (χ4n) is 8.06. The first-order valence-electron chi connectivity index (χ1n) is 18.5. The number of nitrogens with zero attached hydrogens (tertiary/aromatic N) is 2. The van der Waals surface area contributed by atoms with Gasteiger partial charge in [-0.05, 0) is 93.2 Å². The van der Waals surface area contributed by atoms with Crippen molar-refractivity contribution in [1.82, 2.24) is 4.57 Å². The Hall–Kier alpha value is -7.16. The highest BCUT2D eigenvalue weighted by Crippen LogP contribution is 2.47. The third kappa shape index (κ3) is 5.53. The molecule has 10 rings (SSSR count). The van der Waals surface area contributed by atoms with Crippen LogP contribution in [0.3, 0.4) is 0 Å². The maximum atomic E-state index is 2.45. The molecule has 254 valence electrons. The van der Waals surface area contributed by atoms with E-state index in [2.05, 4.69) is 228 Å². The van der Waals surface area contributed by atoms with Gasteiger partial charge < -0.3 is 9.47 Å². The van der Waals surface area contributed by atoms with E-state index in [0.717, 1.165) is 22.7 Å². The molecule has 1 aromatic heterocycles. The van der Waals surface area contributed by atoms with Gasteiger partial charge in [0.25, 0.3) is 0 Å². The van der Waals surface area contributed by atoms with Crippen molar-refractivity contribution in [3.8, 4) is 39.1 Å². The van der Waals surface area contributed by atoms with Crippen LogP contribution in [0.4, 0.5) is 17.1 Å². The number of benzene rings is 9. The molecule has 0 aliphatic carbocycles. The minimum Gasteiger partial charge on any atom is -0.310 e. The summed E-state index contributed by atoms with van der Waals surface area (Å²) in [6, 6.07) is 79.0. The topological polar surface area (TPSA) is 8.17 Å². The van der Waals surface area contributed by atoms with Gasteiger partial charge in [0.2, 0.25) is 0 Å². The molecule has 0 amide bonds. The molecule has 0 N–H and O–H groups in total. The first kappa shape index (κ1) is 31.6. The maximum Gasteiger partial charge on any atom is 0.0561 e. The van der Waals surface area contributed by atoms with Crippen LogP contribution in [0.25, 0.3) is 71.6 Å². The van der Waals surface area contributed by atoms with Gasteiger partial charge in [-0.3, -0.25) is 0 Å². The Morgan fingerprint density at radius 2 is 0.907 bits per heavy atom. The van der Waals surface area contributed by atoms with E-state index in [1.54, 1.807) is 0 Å². The number of fused-ring (bicyclic) bond motifs is 4. The zero-order valence-electron chi connectivity index (χ0n) is 29.7. The average Bonchev–Trinajstić information content (AvgIpc) is 3.58. The van der Waals surface area contributed by atoms with Gasteiger partial charge in [-0.25, -0.2) is 0 Å². The third-order valence-electron chi connectivity index (χ3n) is 10.5. The Labute approximate surface area is 315 Å². The molecule has 0 fully saturated rings. The lowest BCUT2D eigenvalue weighted by atomic mass is 9.92. The van der Waals surface area contributed by atoms with Gasteiger partial charge >= 0.3 is 0 Å². The predicted octanol–water partition coefficient (Wildman–Crippen LogP) is 14.4. The zero-order valence-corrected chi connectivity index (χ0v) is 29.7. The largest absolute Gasteiger partial charge is 0.310 e. The van der Waals surface area contributed by atoms with Crippen LogP contribution in [0.2, 0.25) is 0 Å². The van der Waals surface area contributed by atoms with Crippen LogP contribution in [0.5, 0.6) is 0 Å². The number of hydrogen-bond acceptors (Lipinski definition) is 1. The monoisotopic (exact) mass is 688 g/mol. The molecule has 2 heteroatoms. The fourth-order valence-corrected chi connectivity index (χ4v) is 8.06. The van der Waals surface area contributed by atoms with Crippen LogP contribution in [0.15, 0.2) is 218 Å². The molecular weight excluding hydrogens is 653 g/mol. The van der Waals surface area contributed by atoms with Crippen LogP contribution in [0.1, 0.15) is 0 Å². The van der Waals surface area contributed by atoms with E-state index in [1.807, 2.05) is 0 Å². The van der Waals surface area contributed by atoms with Crippen LogP contribution in [0, 0.1) is 0 Å². The van der Waals surface area contributed by atoms with Crippen molar-refractivity contribution < 1.29 is 0 Å². The maximum absolute atomic E-state index is 2.45. The summed E-state index contributed by atoms with van der Waals surface area (Å²) in [5, 5.41) is 4.87. The van der Waals surface area contributed by atoms with Crippen molar-refractivity contribution >= 4 is 49.6 Å². The highest BCUT2D eigenvalue weighted by Gasteiger charge is 2.22. The summed E-state index contributed by atoms with van der Waals surface area (Å²) in [5.41, 5.74) is 14.0. The number of hydrogen-bond donors (Lipinski definition) is 0. The average molecular weight is 689 g/mol. The van der Waals surface area contributed by atoms with Crippen LogP contribution >= 0.6 is 0 Å². The highest BCUT2D eigenvalue weighted by atomic mass is 15.1. The molecule has 9 aromatic carbocycles. The van der Waals surface area contributed by atoms with Crippen molar-refractivity contribution in [2.75, 3.05) is 4.90 Å². The number of rotatable bonds is 7. The summed E-state index contributed by atoms with van der Waals surface area (Å²) < 4.78 is 2.40. The Morgan fingerprint density at radius 1 is 0.333 bits per heavy atom. The summed E-state index contributed by atoms with van der Waals surface area (Å²) in [5.74, 6) is 0. The standard InChI is InChI=1S/C52H36N2/c1-5-16-37(17-6-1)40-28-29-42-35-44(31-30-41(42)34-40)53(50-27-15-25-46(38-18-7-2-8-19-38)52(50)39-20-9-3-10-21-39)45-32-33-48-47-24-13-14-26-49(47)54(51(48)36-45)43-22-11-4-12-23-43/h1-36H. The van der Waals surface area contributed by atoms with E-state index >= 15 is 0 Å². The van der Waals surface area contributed by atoms with Gasteiger partial charge in [0.05, 0.1) is 16.7 Å². The van der Waals surface area contributed by atoms with Crippen LogP contribution in [-0.4, -0.2) is 4.57 Å². The van der Waals surface area contributed by atoms with E-state index in [1.165, 1.54) is 66.0 Å². The smallest absolute Gasteiger partial charge is 0.0561 e. The Morgan fingerprint density at radius 3 is 1.67 bits per heavy atom. The van der Waals surface area contributed by atoms with Crippen molar-refractivity contribution in [2.24, 2.45) is 0 Å². The fraction of sp³-hybridized carbons (Fsp3) is 0. The molecule has 0 unspecified atom stereocenters. The molecule has 0 saturated heterocycles. The Kier molecular flexibility index (Phi) is 7.85. The number of para-hydroxylation sites is 2. The summed E-state index contributed by atoms with van der Waals surface area (Å²) >= 11 is 0. The summed E-state index contributed by atoms with van der Waals surface area (Å²) in [7, 11) is 0. The van der Waals surface area contributed by atoms with Crippen molar-refractivity contribution in [2.45, 2.75) is 0 Å². The van der Waals surface area contributed by atoms with Gasteiger partial charge in [-0.2, -0.15) is 0 Å².